The number of unbranched alkanes of at least 4 members (excludes halogenated alkanes) is 1. The van der Waals surface area contributed by atoms with E-state index in [4.69, 9.17) is 4.74 Å². The highest BCUT2D eigenvalue weighted by Crippen LogP contribution is 2.28. The SMILES string of the molecule is CCCCC(NC1CN2CCC1CC2)C(=O)OC. The number of fused-ring (bicyclic) bond motifs is 3. The number of carbonyl (C=O) groups is 1. The summed E-state index contributed by atoms with van der Waals surface area (Å²) in [7, 11) is 1.49. The van der Waals surface area contributed by atoms with Gasteiger partial charge in [-0.2, -0.15) is 0 Å². The second-order valence-electron chi connectivity index (χ2n) is 5.63. The number of nitrogens with one attached hydrogen (secondary N) is 1. The molecule has 2 bridgehead atoms. The summed E-state index contributed by atoms with van der Waals surface area (Å²) in [5.41, 5.74) is 0. The normalized spacial score (nSPS) is 32.2. The highest BCUT2D eigenvalue weighted by Gasteiger charge is 2.36. The number of methoxy groups -OCH3 is 1. The summed E-state index contributed by atoms with van der Waals surface area (Å²) in [5, 5.41) is 3.56. The van der Waals surface area contributed by atoms with Crippen LogP contribution in [0.25, 0.3) is 0 Å². The van der Waals surface area contributed by atoms with Gasteiger partial charge in [0.15, 0.2) is 0 Å². The van der Waals surface area contributed by atoms with E-state index in [1.807, 2.05) is 0 Å². The van der Waals surface area contributed by atoms with Crippen molar-refractivity contribution in [3.8, 4) is 0 Å². The van der Waals surface area contributed by atoms with Crippen LogP contribution < -0.4 is 5.32 Å². The standard InChI is InChI=1S/C14H26N2O2/c1-3-4-5-12(14(17)18-2)15-13-10-16-8-6-11(13)7-9-16/h11-13,15H,3-10H2,1-2H3. The molecule has 0 aromatic rings. The highest BCUT2D eigenvalue weighted by atomic mass is 16.5. The molecule has 3 aliphatic rings. The van der Waals surface area contributed by atoms with Gasteiger partial charge < -0.3 is 15.0 Å². The second-order valence-corrected chi connectivity index (χ2v) is 5.63. The first-order valence-corrected chi connectivity index (χ1v) is 7.30. The maximum absolute atomic E-state index is 11.8. The fourth-order valence-electron chi connectivity index (χ4n) is 3.23. The lowest BCUT2D eigenvalue weighted by Crippen LogP contribution is -2.59. The molecule has 0 aromatic heterocycles. The second kappa shape index (κ2) is 6.53. The zero-order valence-electron chi connectivity index (χ0n) is 11.7. The highest BCUT2D eigenvalue weighted by molar-refractivity contribution is 5.75. The molecule has 0 aromatic carbocycles. The van der Waals surface area contributed by atoms with Gasteiger partial charge >= 0.3 is 5.97 Å². The molecule has 0 amide bonds. The average molecular weight is 254 g/mol. The van der Waals surface area contributed by atoms with E-state index in [1.165, 1.54) is 33.0 Å². The van der Waals surface area contributed by atoms with Gasteiger partial charge in [0, 0.05) is 12.6 Å². The lowest BCUT2D eigenvalue weighted by molar-refractivity contribution is -0.144. The lowest BCUT2D eigenvalue weighted by Gasteiger charge is -2.46. The number of rotatable bonds is 6. The number of hydrogen-bond donors (Lipinski definition) is 1. The molecule has 0 saturated carbocycles. The average Bonchev–Trinajstić information content (AvgIpc) is 2.44. The Hall–Kier alpha value is -0.610. The van der Waals surface area contributed by atoms with E-state index in [2.05, 4.69) is 17.1 Å². The largest absolute Gasteiger partial charge is 0.468 e. The van der Waals surface area contributed by atoms with E-state index in [9.17, 15) is 4.79 Å². The molecule has 104 valence electrons. The van der Waals surface area contributed by atoms with Crippen molar-refractivity contribution in [3.05, 3.63) is 0 Å². The predicted octanol–water partition coefficient (Wildman–Crippen LogP) is 1.40. The van der Waals surface area contributed by atoms with Crippen molar-refractivity contribution < 1.29 is 9.53 Å². The van der Waals surface area contributed by atoms with E-state index in [0.29, 0.717) is 6.04 Å². The van der Waals surface area contributed by atoms with Crippen LogP contribution in [0.4, 0.5) is 0 Å². The Morgan fingerprint density at radius 1 is 1.44 bits per heavy atom. The molecule has 4 heteroatoms. The molecule has 2 unspecified atom stereocenters. The van der Waals surface area contributed by atoms with Gasteiger partial charge in [-0.1, -0.05) is 19.8 Å². The summed E-state index contributed by atoms with van der Waals surface area (Å²) >= 11 is 0. The summed E-state index contributed by atoms with van der Waals surface area (Å²) in [6.07, 6.45) is 5.65. The smallest absolute Gasteiger partial charge is 0.322 e. The quantitative estimate of drug-likeness (QED) is 0.728. The minimum absolute atomic E-state index is 0.0973. The number of carbonyl (C=O) groups excluding carboxylic acids is 1. The first-order valence-electron chi connectivity index (χ1n) is 7.30. The topological polar surface area (TPSA) is 41.6 Å². The molecular weight excluding hydrogens is 228 g/mol. The molecule has 3 fully saturated rings. The summed E-state index contributed by atoms with van der Waals surface area (Å²) in [6.45, 7) is 5.73. The van der Waals surface area contributed by atoms with Crippen LogP contribution in [0.3, 0.4) is 0 Å². The first-order chi connectivity index (χ1) is 8.74. The van der Waals surface area contributed by atoms with Gasteiger partial charge in [0.1, 0.15) is 6.04 Å². The van der Waals surface area contributed by atoms with Crippen molar-refractivity contribution in [2.24, 2.45) is 5.92 Å². The van der Waals surface area contributed by atoms with Crippen molar-refractivity contribution in [2.45, 2.75) is 51.1 Å². The number of nitrogens with zero attached hydrogens (tertiary/aromatic N) is 1. The number of ether oxygens (including phenoxy) is 1. The molecule has 1 N–H and O–H groups in total. The molecule has 3 rings (SSSR count). The molecular formula is C14H26N2O2. The molecule has 3 aliphatic heterocycles. The molecule has 18 heavy (non-hydrogen) atoms. The van der Waals surface area contributed by atoms with Crippen molar-refractivity contribution >= 4 is 5.97 Å². The third-order valence-electron chi connectivity index (χ3n) is 4.40. The maximum Gasteiger partial charge on any atom is 0.322 e. The molecule has 0 aliphatic carbocycles. The van der Waals surface area contributed by atoms with Crippen LogP contribution in [-0.2, 0) is 9.53 Å². The van der Waals surface area contributed by atoms with E-state index in [1.54, 1.807) is 0 Å². The van der Waals surface area contributed by atoms with Crippen LogP contribution in [0.2, 0.25) is 0 Å². The third-order valence-corrected chi connectivity index (χ3v) is 4.40. The zero-order chi connectivity index (χ0) is 13.0. The van der Waals surface area contributed by atoms with Gasteiger partial charge in [-0.3, -0.25) is 4.79 Å². The molecule has 3 saturated heterocycles. The number of piperidine rings is 3. The van der Waals surface area contributed by atoms with Crippen molar-refractivity contribution in [2.75, 3.05) is 26.7 Å². The van der Waals surface area contributed by atoms with Crippen molar-refractivity contribution in [3.63, 3.8) is 0 Å². The summed E-state index contributed by atoms with van der Waals surface area (Å²) in [5.74, 6) is 0.656. The van der Waals surface area contributed by atoms with Crippen LogP contribution in [0, 0.1) is 5.92 Å². The Morgan fingerprint density at radius 3 is 2.67 bits per heavy atom. The number of hydrogen-bond acceptors (Lipinski definition) is 4. The van der Waals surface area contributed by atoms with Gasteiger partial charge in [0.25, 0.3) is 0 Å². The summed E-state index contributed by atoms with van der Waals surface area (Å²) in [6, 6.07) is 0.369. The summed E-state index contributed by atoms with van der Waals surface area (Å²) in [4.78, 5) is 14.3. The van der Waals surface area contributed by atoms with Gasteiger partial charge in [-0.05, 0) is 38.3 Å². The van der Waals surface area contributed by atoms with Gasteiger partial charge in [-0.15, -0.1) is 0 Å². The summed E-state index contributed by atoms with van der Waals surface area (Å²) < 4.78 is 4.92. The monoisotopic (exact) mass is 254 g/mol. The Morgan fingerprint density at radius 2 is 2.17 bits per heavy atom. The van der Waals surface area contributed by atoms with E-state index in [-0.39, 0.29) is 12.0 Å². The lowest BCUT2D eigenvalue weighted by atomic mass is 9.83. The van der Waals surface area contributed by atoms with Crippen molar-refractivity contribution in [1.29, 1.82) is 0 Å². The molecule has 2 atom stereocenters. The number of esters is 1. The van der Waals surface area contributed by atoms with Crippen LogP contribution >= 0.6 is 0 Å². The van der Waals surface area contributed by atoms with E-state index >= 15 is 0 Å². The minimum atomic E-state index is -0.111. The van der Waals surface area contributed by atoms with Gasteiger partial charge in [-0.25, -0.2) is 0 Å². The molecule has 3 heterocycles. The van der Waals surface area contributed by atoms with Crippen LogP contribution in [-0.4, -0.2) is 49.7 Å². The Kier molecular flexibility index (Phi) is 5.01. The van der Waals surface area contributed by atoms with Gasteiger partial charge in [0.05, 0.1) is 7.11 Å². The predicted molar refractivity (Wildman–Crippen MR) is 71.4 cm³/mol. The van der Waals surface area contributed by atoms with Crippen molar-refractivity contribution in [1.82, 2.24) is 10.2 Å². The minimum Gasteiger partial charge on any atom is -0.468 e. The maximum atomic E-state index is 11.8. The van der Waals surface area contributed by atoms with Gasteiger partial charge in [0.2, 0.25) is 0 Å². The molecule has 0 spiro atoms. The Labute approximate surface area is 110 Å². The fraction of sp³-hybridized carbons (Fsp3) is 0.929. The van der Waals surface area contributed by atoms with Crippen LogP contribution in [0.1, 0.15) is 39.0 Å². The molecule has 0 radical (unpaired) electrons. The molecule has 4 nitrogen and oxygen atoms in total. The zero-order valence-corrected chi connectivity index (χ0v) is 11.7. The van der Waals surface area contributed by atoms with E-state index in [0.717, 1.165) is 31.7 Å². The first kappa shape index (κ1) is 13.8. The Balaban J connectivity index is 1.89. The Bertz CT molecular complexity index is 275. The van der Waals surface area contributed by atoms with Crippen LogP contribution in [0.15, 0.2) is 0 Å². The van der Waals surface area contributed by atoms with Crippen LogP contribution in [0.5, 0.6) is 0 Å². The van der Waals surface area contributed by atoms with E-state index < -0.39 is 0 Å². The third kappa shape index (κ3) is 3.23. The fourth-order valence-corrected chi connectivity index (χ4v) is 3.23.